The molecule has 1 aromatic carbocycles. The van der Waals surface area contributed by atoms with Crippen molar-refractivity contribution >= 4 is 5.78 Å². The van der Waals surface area contributed by atoms with Crippen LogP contribution in [-0.4, -0.2) is 41.9 Å². The molecule has 150 valence electrons. The van der Waals surface area contributed by atoms with Crippen molar-refractivity contribution in [3.8, 4) is 22.8 Å². The van der Waals surface area contributed by atoms with E-state index in [9.17, 15) is 9.59 Å². The molecule has 30 heavy (non-hydrogen) atoms. The van der Waals surface area contributed by atoms with E-state index >= 15 is 0 Å². The minimum atomic E-state index is -3.03. The van der Waals surface area contributed by atoms with Crippen molar-refractivity contribution in [1.29, 1.82) is 0 Å². The van der Waals surface area contributed by atoms with Crippen molar-refractivity contribution < 1.29 is 20.5 Å². The van der Waals surface area contributed by atoms with Crippen LogP contribution in [0, 0.1) is 0 Å². The Balaban J connectivity index is 1.60. The number of ether oxygens (including phenoxy) is 1. The van der Waals surface area contributed by atoms with Crippen LogP contribution >= 0.6 is 0 Å². The Kier molecular flexibility index (Phi) is 3.17. The van der Waals surface area contributed by atoms with Gasteiger partial charge in [0.25, 0.3) is 0 Å². The van der Waals surface area contributed by atoms with E-state index < -0.39 is 37.3 Å². The van der Waals surface area contributed by atoms with Gasteiger partial charge in [0.15, 0.2) is 17.3 Å². The first kappa shape index (κ1) is 11.8. The maximum atomic E-state index is 13.2. The van der Waals surface area contributed by atoms with Crippen LogP contribution in [0.1, 0.15) is 33.9 Å². The predicted molar refractivity (Wildman–Crippen MR) is 109 cm³/mol. The zero-order valence-corrected chi connectivity index (χ0v) is 15.2. The molecule has 3 heterocycles. The van der Waals surface area contributed by atoms with Gasteiger partial charge < -0.3 is 4.74 Å². The molecule has 0 saturated heterocycles. The second-order valence-corrected chi connectivity index (χ2v) is 5.97. The number of aromatic nitrogens is 6. The molecule has 0 aliphatic rings. The standard InChI is InChI=1S/C21H18N6O3/c1-3-30-17-11-22-21(23-12-17)15-6-4-5-14(9-15)20(29)19-18(28)7-8-27(25-19)16-10-24-26(2)13-16/h4-13H,3H2,1-2H3/i1D3,2D3,3D2. The van der Waals surface area contributed by atoms with E-state index in [4.69, 9.17) is 15.7 Å². The molecule has 0 amide bonds. The van der Waals surface area contributed by atoms with E-state index in [-0.39, 0.29) is 22.8 Å². The second-order valence-electron chi connectivity index (χ2n) is 5.97. The van der Waals surface area contributed by atoms with Crippen LogP contribution in [0.3, 0.4) is 0 Å². The van der Waals surface area contributed by atoms with Gasteiger partial charge >= 0.3 is 0 Å². The van der Waals surface area contributed by atoms with Crippen molar-refractivity contribution in [3.05, 3.63) is 82.8 Å². The lowest BCUT2D eigenvalue weighted by Crippen LogP contribution is -2.21. The van der Waals surface area contributed by atoms with Gasteiger partial charge in [0.1, 0.15) is 5.69 Å². The van der Waals surface area contributed by atoms with E-state index in [0.29, 0.717) is 5.56 Å². The highest BCUT2D eigenvalue weighted by atomic mass is 16.5. The Hall–Kier alpha value is -4.14. The summed E-state index contributed by atoms with van der Waals surface area (Å²) in [6.07, 6.45) is 5.90. The Bertz CT molecular complexity index is 1540. The number of carbonyl (C=O) groups excluding carboxylic acids is 1. The van der Waals surface area contributed by atoms with Gasteiger partial charge in [-0.15, -0.1) is 0 Å². The Morgan fingerprint density at radius 3 is 2.87 bits per heavy atom. The van der Waals surface area contributed by atoms with Crippen LogP contribution in [0.5, 0.6) is 5.75 Å². The summed E-state index contributed by atoms with van der Waals surface area (Å²) in [6, 6.07) is 7.13. The van der Waals surface area contributed by atoms with E-state index in [1.54, 1.807) is 6.07 Å². The molecule has 0 N–H and O–H groups in total. The number of hydrogen-bond donors (Lipinski definition) is 0. The van der Waals surface area contributed by atoms with Crippen molar-refractivity contribution in [2.75, 3.05) is 6.56 Å². The normalized spacial score (nSPS) is 16.0. The zero-order valence-electron chi connectivity index (χ0n) is 23.2. The Morgan fingerprint density at radius 2 is 2.10 bits per heavy atom. The molecular weight excluding hydrogens is 384 g/mol. The lowest BCUT2D eigenvalue weighted by Gasteiger charge is -2.07. The first-order valence-electron chi connectivity index (χ1n) is 12.5. The number of aryl methyl sites for hydroxylation is 1. The quantitative estimate of drug-likeness (QED) is 0.448. The molecule has 4 rings (SSSR count). The van der Waals surface area contributed by atoms with E-state index in [0.717, 1.165) is 27.8 Å². The Labute approximate surface area is 182 Å². The van der Waals surface area contributed by atoms with Gasteiger partial charge in [-0.3, -0.25) is 14.3 Å². The van der Waals surface area contributed by atoms with Gasteiger partial charge in [0.2, 0.25) is 11.2 Å². The summed E-state index contributed by atoms with van der Waals surface area (Å²) in [5, 5.41) is 7.83. The van der Waals surface area contributed by atoms with E-state index in [1.165, 1.54) is 36.8 Å². The highest BCUT2D eigenvalue weighted by Gasteiger charge is 2.17. The molecule has 3 aromatic heterocycles. The minimum Gasteiger partial charge on any atom is -0.491 e. The third kappa shape index (κ3) is 3.86. The summed E-state index contributed by atoms with van der Waals surface area (Å²) in [4.78, 5) is 33.7. The molecule has 0 radical (unpaired) electrons. The van der Waals surface area contributed by atoms with Crippen molar-refractivity contribution in [2.45, 2.75) is 6.85 Å². The van der Waals surface area contributed by atoms with Crippen LogP contribution in [0.4, 0.5) is 0 Å². The summed E-state index contributed by atoms with van der Waals surface area (Å²) in [5.74, 6) is -0.796. The molecule has 4 aromatic rings. The van der Waals surface area contributed by atoms with Crippen molar-refractivity contribution in [3.63, 3.8) is 0 Å². The van der Waals surface area contributed by atoms with Gasteiger partial charge in [-0.1, -0.05) is 18.2 Å². The Morgan fingerprint density at radius 1 is 1.23 bits per heavy atom. The molecule has 0 bridgehead atoms. The zero-order chi connectivity index (χ0) is 27.9. The van der Waals surface area contributed by atoms with Crippen molar-refractivity contribution in [2.24, 2.45) is 6.98 Å². The minimum absolute atomic E-state index is 0.0886. The van der Waals surface area contributed by atoms with Gasteiger partial charge in [-0.25, -0.2) is 14.6 Å². The monoisotopic (exact) mass is 410 g/mol. The topological polar surface area (TPSA) is 105 Å². The van der Waals surface area contributed by atoms with Crippen LogP contribution in [0.15, 0.2) is 66.1 Å². The number of rotatable bonds is 6. The summed E-state index contributed by atoms with van der Waals surface area (Å²) < 4.78 is 65.7. The molecule has 0 atom stereocenters. The fraction of sp³-hybridized carbons (Fsp3) is 0.143. The van der Waals surface area contributed by atoms with Crippen molar-refractivity contribution in [1.82, 2.24) is 29.5 Å². The predicted octanol–water partition coefficient (Wildman–Crippen LogP) is 2.05. The molecule has 0 fully saturated rings. The number of hydrogen-bond acceptors (Lipinski definition) is 7. The molecule has 9 nitrogen and oxygen atoms in total. The largest absolute Gasteiger partial charge is 0.491 e. The number of ketones is 1. The molecule has 0 aliphatic carbocycles. The lowest BCUT2D eigenvalue weighted by molar-refractivity contribution is 0.103. The second kappa shape index (κ2) is 8.08. The van der Waals surface area contributed by atoms with Crippen LogP contribution in [-0.2, 0) is 6.98 Å². The molecule has 9 heteroatoms. The number of benzene rings is 1. The first-order chi connectivity index (χ1) is 17.7. The van der Waals surface area contributed by atoms with Gasteiger partial charge in [-0.2, -0.15) is 10.2 Å². The molecular formula is C21H18N6O3. The maximum absolute atomic E-state index is 13.2. The first-order valence-corrected chi connectivity index (χ1v) is 8.47. The molecule has 0 aliphatic heterocycles. The third-order valence-corrected chi connectivity index (χ3v) is 4.04. The smallest absolute Gasteiger partial charge is 0.217 e. The van der Waals surface area contributed by atoms with Gasteiger partial charge in [-0.05, 0) is 12.9 Å². The molecule has 0 unspecified atom stereocenters. The highest BCUT2D eigenvalue weighted by Crippen LogP contribution is 2.19. The maximum Gasteiger partial charge on any atom is 0.217 e. The van der Waals surface area contributed by atoms with Crippen LogP contribution in [0.25, 0.3) is 17.1 Å². The van der Waals surface area contributed by atoms with Crippen LogP contribution in [0.2, 0.25) is 0 Å². The summed E-state index contributed by atoms with van der Waals surface area (Å²) in [6.45, 7) is -8.49. The average molecular weight is 410 g/mol. The van der Waals surface area contributed by atoms with E-state index in [1.807, 2.05) is 0 Å². The fourth-order valence-electron chi connectivity index (χ4n) is 2.65. The molecule has 0 saturated carbocycles. The van der Waals surface area contributed by atoms with Gasteiger partial charge in [0, 0.05) is 38.6 Å². The third-order valence-electron chi connectivity index (χ3n) is 4.04. The van der Waals surface area contributed by atoms with E-state index in [2.05, 4.69) is 20.2 Å². The number of carbonyl (C=O) groups is 1. The summed E-state index contributed by atoms with van der Waals surface area (Å²) in [5.41, 5.74) is -0.381. The summed E-state index contributed by atoms with van der Waals surface area (Å²) in [7, 11) is 0. The van der Waals surface area contributed by atoms with Crippen LogP contribution < -0.4 is 10.2 Å². The average Bonchev–Trinajstić information content (AvgIpc) is 3.35. The summed E-state index contributed by atoms with van der Waals surface area (Å²) >= 11 is 0. The highest BCUT2D eigenvalue weighted by molar-refractivity contribution is 6.08. The molecule has 0 spiro atoms. The van der Waals surface area contributed by atoms with Gasteiger partial charge in [0.05, 0.1) is 34.1 Å². The number of nitrogens with zero attached hydrogens (tertiary/aromatic N) is 6. The fourth-order valence-corrected chi connectivity index (χ4v) is 2.65. The SMILES string of the molecule is [2H]C([2H])([2H])n1cc(-n2ccc(=O)c(C(=O)c3cccc(-c4ncc(OC([2H])([2H])C([2H])([2H])[2H])cn4)c3)n2)cn1. The lowest BCUT2D eigenvalue weighted by atomic mass is 10.0.